The smallest absolute Gasteiger partial charge is 0.165 e. The number of ether oxygens (including phenoxy) is 1. The molecule has 1 heterocycles. The van der Waals surface area contributed by atoms with E-state index in [0.29, 0.717) is 6.54 Å². The van der Waals surface area contributed by atoms with Crippen molar-refractivity contribution in [2.45, 2.75) is 26.4 Å². The number of benzene rings is 1. The Bertz CT molecular complexity index is 589. The van der Waals surface area contributed by atoms with E-state index in [1.807, 2.05) is 26.0 Å². The normalized spacial score (nSPS) is 12.2. The first kappa shape index (κ1) is 14.4. The average Bonchev–Trinajstić information content (AvgIpc) is 2.44. The van der Waals surface area contributed by atoms with E-state index >= 15 is 0 Å². The molecule has 5 heteroatoms. The van der Waals surface area contributed by atoms with Crippen LogP contribution in [0.2, 0.25) is 0 Å². The van der Waals surface area contributed by atoms with Crippen LogP contribution in [-0.2, 0) is 6.54 Å². The van der Waals surface area contributed by atoms with Gasteiger partial charge in [-0.25, -0.2) is 14.4 Å². The standard InChI is InChI=1S/C15H18FN3O/c1-10(12-4-5-15(20-3)14(16)8-12)18-9-13-6-7-17-11(2)19-13/h4-8,10,18H,9H2,1-3H3. The average molecular weight is 275 g/mol. The predicted molar refractivity (Wildman–Crippen MR) is 75.0 cm³/mol. The van der Waals surface area contributed by atoms with Crippen LogP contribution in [0.3, 0.4) is 0 Å². The number of halogens is 1. The van der Waals surface area contributed by atoms with Gasteiger partial charge in [0, 0.05) is 18.8 Å². The maximum Gasteiger partial charge on any atom is 0.165 e. The zero-order valence-electron chi connectivity index (χ0n) is 11.9. The molecule has 2 aromatic rings. The lowest BCUT2D eigenvalue weighted by Crippen LogP contribution is -2.19. The Hall–Kier alpha value is -2.01. The van der Waals surface area contributed by atoms with Gasteiger partial charge in [-0.2, -0.15) is 0 Å². The van der Waals surface area contributed by atoms with Crippen molar-refractivity contribution in [3.8, 4) is 5.75 Å². The summed E-state index contributed by atoms with van der Waals surface area (Å²) in [5, 5.41) is 3.31. The highest BCUT2D eigenvalue weighted by Gasteiger charge is 2.09. The van der Waals surface area contributed by atoms with Crippen LogP contribution >= 0.6 is 0 Å². The van der Waals surface area contributed by atoms with Crippen molar-refractivity contribution in [1.82, 2.24) is 15.3 Å². The van der Waals surface area contributed by atoms with E-state index in [-0.39, 0.29) is 17.6 Å². The van der Waals surface area contributed by atoms with Gasteiger partial charge in [-0.3, -0.25) is 0 Å². The molecule has 0 spiro atoms. The molecule has 0 saturated heterocycles. The first-order valence-electron chi connectivity index (χ1n) is 6.45. The van der Waals surface area contributed by atoms with Crippen LogP contribution in [0.4, 0.5) is 4.39 Å². The molecule has 0 radical (unpaired) electrons. The van der Waals surface area contributed by atoms with Gasteiger partial charge in [-0.15, -0.1) is 0 Å². The van der Waals surface area contributed by atoms with Crippen LogP contribution in [0.15, 0.2) is 30.5 Å². The number of aromatic nitrogens is 2. The van der Waals surface area contributed by atoms with E-state index in [1.165, 1.54) is 13.2 Å². The summed E-state index contributed by atoms with van der Waals surface area (Å²) in [5.41, 5.74) is 1.78. The van der Waals surface area contributed by atoms with Crippen molar-refractivity contribution in [3.05, 3.63) is 53.4 Å². The number of nitrogens with zero attached hydrogens (tertiary/aromatic N) is 2. The molecule has 1 aromatic heterocycles. The van der Waals surface area contributed by atoms with Crippen LogP contribution in [0.25, 0.3) is 0 Å². The van der Waals surface area contributed by atoms with Crippen LogP contribution in [0.5, 0.6) is 5.75 Å². The lowest BCUT2D eigenvalue weighted by molar-refractivity contribution is 0.385. The van der Waals surface area contributed by atoms with Gasteiger partial charge >= 0.3 is 0 Å². The summed E-state index contributed by atoms with van der Waals surface area (Å²) in [6.07, 6.45) is 1.73. The minimum Gasteiger partial charge on any atom is -0.494 e. The molecule has 2 rings (SSSR count). The highest BCUT2D eigenvalue weighted by molar-refractivity contribution is 5.30. The van der Waals surface area contributed by atoms with Gasteiger partial charge in [0.15, 0.2) is 11.6 Å². The van der Waals surface area contributed by atoms with E-state index < -0.39 is 0 Å². The Morgan fingerprint density at radius 2 is 2.15 bits per heavy atom. The number of aryl methyl sites for hydroxylation is 1. The van der Waals surface area contributed by atoms with Crippen LogP contribution in [0, 0.1) is 12.7 Å². The van der Waals surface area contributed by atoms with Crippen LogP contribution in [0.1, 0.15) is 30.0 Å². The number of methoxy groups -OCH3 is 1. The zero-order chi connectivity index (χ0) is 14.5. The molecule has 0 aliphatic carbocycles. The first-order valence-corrected chi connectivity index (χ1v) is 6.45. The van der Waals surface area contributed by atoms with Crippen molar-refractivity contribution >= 4 is 0 Å². The lowest BCUT2D eigenvalue weighted by atomic mass is 10.1. The Morgan fingerprint density at radius 1 is 1.35 bits per heavy atom. The molecular formula is C15H18FN3O. The Kier molecular flexibility index (Phi) is 4.63. The number of rotatable bonds is 5. The molecule has 0 bridgehead atoms. The van der Waals surface area contributed by atoms with Gasteiger partial charge in [0.2, 0.25) is 0 Å². The molecule has 0 fully saturated rings. The number of nitrogens with one attached hydrogen (secondary N) is 1. The summed E-state index contributed by atoms with van der Waals surface area (Å²) >= 11 is 0. The SMILES string of the molecule is COc1ccc(C(C)NCc2ccnc(C)n2)cc1F. The molecule has 0 amide bonds. The number of hydrogen-bond donors (Lipinski definition) is 1. The fraction of sp³-hybridized carbons (Fsp3) is 0.333. The molecule has 20 heavy (non-hydrogen) atoms. The molecule has 1 aromatic carbocycles. The third kappa shape index (κ3) is 3.51. The van der Waals surface area contributed by atoms with E-state index in [2.05, 4.69) is 15.3 Å². The largest absolute Gasteiger partial charge is 0.494 e. The molecule has 1 N–H and O–H groups in total. The Morgan fingerprint density at radius 3 is 2.80 bits per heavy atom. The monoisotopic (exact) mass is 275 g/mol. The summed E-state index contributed by atoms with van der Waals surface area (Å²) in [6, 6.07) is 6.86. The van der Waals surface area contributed by atoms with Crippen molar-refractivity contribution < 1.29 is 9.13 Å². The van der Waals surface area contributed by atoms with Crippen molar-refractivity contribution in [2.24, 2.45) is 0 Å². The fourth-order valence-electron chi connectivity index (χ4n) is 1.93. The second-order valence-electron chi connectivity index (χ2n) is 4.59. The van der Waals surface area contributed by atoms with Gasteiger partial charge in [-0.05, 0) is 37.6 Å². The Balaban J connectivity index is 2.01. The van der Waals surface area contributed by atoms with Gasteiger partial charge in [0.1, 0.15) is 5.82 Å². The molecule has 0 aliphatic rings. The summed E-state index contributed by atoms with van der Waals surface area (Å²) in [6.45, 7) is 4.44. The molecule has 1 unspecified atom stereocenters. The lowest BCUT2D eigenvalue weighted by Gasteiger charge is -2.15. The highest BCUT2D eigenvalue weighted by atomic mass is 19.1. The molecule has 0 saturated carbocycles. The highest BCUT2D eigenvalue weighted by Crippen LogP contribution is 2.21. The molecule has 4 nitrogen and oxygen atoms in total. The van der Waals surface area contributed by atoms with E-state index in [1.54, 1.807) is 12.3 Å². The van der Waals surface area contributed by atoms with Crippen molar-refractivity contribution in [2.75, 3.05) is 7.11 Å². The Labute approximate surface area is 118 Å². The summed E-state index contributed by atoms with van der Waals surface area (Å²) in [4.78, 5) is 8.37. The number of hydrogen-bond acceptors (Lipinski definition) is 4. The summed E-state index contributed by atoms with van der Waals surface area (Å²) in [7, 11) is 1.46. The maximum absolute atomic E-state index is 13.7. The van der Waals surface area contributed by atoms with Gasteiger partial charge in [0.25, 0.3) is 0 Å². The van der Waals surface area contributed by atoms with Crippen LogP contribution < -0.4 is 10.1 Å². The quantitative estimate of drug-likeness (QED) is 0.911. The minimum atomic E-state index is -0.350. The maximum atomic E-state index is 13.7. The second kappa shape index (κ2) is 6.43. The zero-order valence-corrected chi connectivity index (χ0v) is 11.9. The van der Waals surface area contributed by atoms with Gasteiger partial charge in [-0.1, -0.05) is 6.07 Å². The summed E-state index contributed by atoms with van der Waals surface area (Å²) < 4.78 is 18.6. The minimum absolute atomic E-state index is 0.0191. The summed E-state index contributed by atoms with van der Waals surface area (Å²) in [5.74, 6) is 0.649. The predicted octanol–water partition coefficient (Wildman–Crippen LogP) is 2.78. The van der Waals surface area contributed by atoms with Crippen LogP contribution in [-0.4, -0.2) is 17.1 Å². The molecular weight excluding hydrogens is 257 g/mol. The fourth-order valence-corrected chi connectivity index (χ4v) is 1.93. The van der Waals surface area contributed by atoms with Gasteiger partial charge < -0.3 is 10.1 Å². The molecule has 106 valence electrons. The second-order valence-corrected chi connectivity index (χ2v) is 4.59. The molecule has 0 aliphatic heterocycles. The van der Waals surface area contributed by atoms with Crippen molar-refractivity contribution in [3.63, 3.8) is 0 Å². The van der Waals surface area contributed by atoms with E-state index in [4.69, 9.17) is 4.74 Å². The van der Waals surface area contributed by atoms with Crippen molar-refractivity contribution in [1.29, 1.82) is 0 Å². The first-order chi connectivity index (χ1) is 9.60. The topological polar surface area (TPSA) is 47.0 Å². The van der Waals surface area contributed by atoms with E-state index in [9.17, 15) is 4.39 Å². The van der Waals surface area contributed by atoms with E-state index in [0.717, 1.165) is 17.1 Å². The third-order valence-corrected chi connectivity index (χ3v) is 3.10. The third-order valence-electron chi connectivity index (χ3n) is 3.10. The molecule has 1 atom stereocenters. The van der Waals surface area contributed by atoms with Gasteiger partial charge in [0.05, 0.1) is 12.8 Å².